The molecule has 0 aliphatic carbocycles. The van der Waals surface area contributed by atoms with Crippen LogP contribution >= 0.6 is 0 Å². The van der Waals surface area contributed by atoms with Gasteiger partial charge in [0.2, 0.25) is 15.9 Å². The van der Waals surface area contributed by atoms with E-state index >= 15 is 0 Å². The second kappa shape index (κ2) is 9.80. The number of anilines is 1. The second-order valence-electron chi connectivity index (χ2n) is 6.78. The summed E-state index contributed by atoms with van der Waals surface area (Å²) in [6, 6.07) is 5.61. The Bertz CT molecular complexity index is 671. The average molecular weight is 369 g/mol. The van der Waals surface area contributed by atoms with Crippen molar-refractivity contribution in [1.29, 1.82) is 0 Å². The van der Waals surface area contributed by atoms with Crippen molar-refractivity contribution >= 4 is 21.6 Å². The first-order chi connectivity index (χ1) is 11.7. The summed E-state index contributed by atoms with van der Waals surface area (Å²) >= 11 is 0. The molecule has 25 heavy (non-hydrogen) atoms. The quantitative estimate of drug-likeness (QED) is 0.688. The maximum atomic E-state index is 12.3. The molecule has 0 heterocycles. The zero-order valence-corrected chi connectivity index (χ0v) is 16.9. The Morgan fingerprint density at radius 3 is 2.48 bits per heavy atom. The lowest BCUT2D eigenvalue weighted by molar-refractivity contribution is -0.119. The molecule has 0 bridgehead atoms. The SMILES string of the molecule is CCCC[C@@H](CC)CNC(=O)CN(c1cc(C)ccc1C)S(C)(=O)=O. The minimum atomic E-state index is -3.54. The van der Waals surface area contributed by atoms with E-state index in [4.69, 9.17) is 0 Å². The number of unbranched alkanes of at least 4 members (excludes halogenated alkanes) is 1. The Balaban J connectivity index is 2.83. The predicted molar refractivity (Wildman–Crippen MR) is 104 cm³/mol. The van der Waals surface area contributed by atoms with Gasteiger partial charge in [0.15, 0.2) is 0 Å². The van der Waals surface area contributed by atoms with E-state index in [-0.39, 0.29) is 12.5 Å². The molecular weight excluding hydrogens is 336 g/mol. The van der Waals surface area contributed by atoms with Crippen LogP contribution < -0.4 is 9.62 Å². The van der Waals surface area contributed by atoms with Gasteiger partial charge in [-0.1, -0.05) is 45.2 Å². The first kappa shape index (κ1) is 21.5. The van der Waals surface area contributed by atoms with Crippen molar-refractivity contribution in [1.82, 2.24) is 5.32 Å². The maximum absolute atomic E-state index is 12.3. The molecule has 0 aliphatic heterocycles. The monoisotopic (exact) mass is 368 g/mol. The molecule has 0 spiro atoms. The lowest BCUT2D eigenvalue weighted by atomic mass is 9.99. The Morgan fingerprint density at radius 1 is 1.24 bits per heavy atom. The molecule has 142 valence electrons. The van der Waals surface area contributed by atoms with Crippen LogP contribution in [0.15, 0.2) is 18.2 Å². The lowest BCUT2D eigenvalue weighted by Gasteiger charge is -2.24. The van der Waals surface area contributed by atoms with Crippen LogP contribution in [-0.4, -0.2) is 33.7 Å². The van der Waals surface area contributed by atoms with Gasteiger partial charge in [-0.3, -0.25) is 9.10 Å². The lowest BCUT2D eigenvalue weighted by Crippen LogP contribution is -2.42. The van der Waals surface area contributed by atoms with Gasteiger partial charge >= 0.3 is 0 Å². The van der Waals surface area contributed by atoms with Gasteiger partial charge in [-0.15, -0.1) is 0 Å². The highest BCUT2D eigenvalue weighted by Crippen LogP contribution is 2.23. The number of sulfonamides is 1. The Hall–Kier alpha value is -1.56. The largest absolute Gasteiger partial charge is 0.354 e. The third-order valence-corrected chi connectivity index (χ3v) is 5.58. The summed E-state index contributed by atoms with van der Waals surface area (Å²) in [5.41, 5.74) is 2.36. The van der Waals surface area contributed by atoms with Gasteiger partial charge in [-0.05, 0) is 43.4 Å². The van der Waals surface area contributed by atoms with E-state index in [1.54, 1.807) is 6.07 Å². The first-order valence-corrected chi connectivity index (χ1v) is 10.9. The van der Waals surface area contributed by atoms with Crippen LogP contribution in [0.2, 0.25) is 0 Å². The summed E-state index contributed by atoms with van der Waals surface area (Å²) in [6.07, 6.45) is 5.51. The number of rotatable bonds is 10. The Labute approximate surface area is 152 Å². The fraction of sp³-hybridized carbons (Fsp3) is 0.632. The van der Waals surface area contributed by atoms with Crippen LogP contribution in [-0.2, 0) is 14.8 Å². The van der Waals surface area contributed by atoms with E-state index in [0.29, 0.717) is 18.2 Å². The van der Waals surface area contributed by atoms with Crippen molar-refractivity contribution in [2.75, 3.05) is 23.7 Å². The molecule has 0 aromatic heterocycles. The number of nitrogens with one attached hydrogen (secondary N) is 1. The molecule has 1 aromatic rings. The van der Waals surface area contributed by atoms with Crippen LogP contribution in [0.4, 0.5) is 5.69 Å². The zero-order chi connectivity index (χ0) is 19.0. The summed E-state index contributed by atoms with van der Waals surface area (Å²) in [5, 5.41) is 2.90. The van der Waals surface area contributed by atoms with Crippen molar-refractivity contribution in [2.45, 2.75) is 53.4 Å². The minimum Gasteiger partial charge on any atom is -0.354 e. The molecule has 1 atom stereocenters. The van der Waals surface area contributed by atoms with Gasteiger partial charge in [-0.25, -0.2) is 8.42 Å². The summed E-state index contributed by atoms with van der Waals surface area (Å²) < 4.78 is 25.6. The van der Waals surface area contributed by atoms with Gasteiger partial charge in [0.05, 0.1) is 11.9 Å². The fourth-order valence-corrected chi connectivity index (χ4v) is 3.66. The Kier molecular flexibility index (Phi) is 8.42. The average Bonchev–Trinajstić information content (AvgIpc) is 2.54. The maximum Gasteiger partial charge on any atom is 0.240 e. The second-order valence-corrected chi connectivity index (χ2v) is 8.69. The molecule has 0 aliphatic rings. The highest BCUT2D eigenvalue weighted by molar-refractivity contribution is 7.92. The molecule has 0 fully saturated rings. The van der Waals surface area contributed by atoms with Gasteiger partial charge < -0.3 is 5.32 Å². The zero-order valence-electron chi connectivity index (χ0n) is 16.1. The molecule has 1 rings (SSSR count). The number of hydrogen-bond donors (Lipinski definition) is 1. The molecule has 5 nitrogen and oxygen atoms in total. The van der Waals surface area contributed by atoms with E-state index in [2.05, 4.69) is 19.2 Å². The van der Waals surface area contributed by atoms with Crippen molar-refractivity contribution in [3.05, 3.63) is 29.3 Å². The van der Waals surface area contributed by atoms with Crippen LogP contribution in [0.5, 0.6) is 0 Å². The van der Waals surface area contributed by atoms with Crippen LogP contribution in [0, 0.1) is 19.8 Å². The fourth-order valence-electron chi connectivity index (χ4n) is 2.76. The van der Waals surface area contributed by atoms with E-state index in [0.717, 1.165) is 43.1 Å². The summed E-state index contributed by atoms with van der Waals surface area (Å²) in [7, 11) is -3.54. The number of nitrogens with zero attached hydrogens (tertiary/aromatic N) is 1. The summed E-state index contributed by atoms with van der Waals surface area (Å²) in [4.78, 5) is 12.3. The molecule has 0 saturated heterocycles. The number of benzene rings is 1. The molecule has 0 unspecified atom stereocenters. The normalized spacial score (nSPS) is 12.7. The third-order valence-electron chi connectivity index (χ3n) is 4.45. The van der Waals surface area contributed by atoms with E-state index in [1.807, 2.05) is 26.0 Å². The predicted octanol–water partition coefficient (Wildman–Crippen LogP) is 3.40. The van der Waals surface area contributed by atoms with E-state index < -0.39 is 10.0 Å². The number of aryl methyl sites for hydroxylation is 2. The van der Waals surface area contributed by atoms with Crippen LogP contribution in [0.1, 0.15) is 50.7 Å². The van der Waals surface area contributed by atoms with Gasteiger partial charge in [0.25, 0.3) is 0 Å². The molecule has 1 amide bonds. The highest BCUT2D eigenvalue weighted by Gasteiger charge is 2.22. The van der Waals surface area contributed by atoms with Crippen molar-refractivity contribution < 1.29 is 13.2 Å². The summed E-state index contributed by atoms with van der Waals surface area (Å²) in [6.45, 7) is 8.43. The molecule has 1 aromatic carbocycles. The van der Waals surface area contributed by atoms with Crippen molar-refractivity contribution in [3.63, 3.8) is 0 Å². The van der Waals surface area contributed by atoms with Crippen molar-refractivity contribution in [2.24, 2.45) is 5.92 Å². The van der Waals surface area contributed by atoms with Crippen LogP contribution in [0.25, 0.3) is 0 Å². The van der Waals surface area contributed by atoms with E-state index in [9.17, 15) is 13.2 Å². The number of carbonyl (C=O) groups is 1. The van der Waals surface area contributed by atoms with Crippen LogP contribution in [0.3, 0.4) is 0 Å². The minimum absolute atomic E-state index is 0.187. The molecule has 1 N–H and O–H groups in total. The number of hydrogen-bond acceptors (Lipinski definition) is 3. The number of amides is 1. The topological polar surface area (TPSA) is 66.5 Å². The Morgan fingerprint density at radius 2 is 1.92 bits per heavy atom. The molecule has 0 saturated carbocycles. The summed E-state index contributed by atoms with van der Waals surface area (Å²) in [5.74, 6) is 0.178. The highest BCUT2D eigenvalue weighted by atomic mass is 32.2. The molecular formula is C19H32N2O3S. The van der Waals surface area contributed by atoms with Gasteiger partial charge in [0.1, 0.15) is 6.54 Å². The smallest absolute Gasteiger partial charge is 0.240 e. The standard InChI is InChI=1S/C19H32N2O3S/c1-6-8-9-17(7-2)13-20-19(22)14-21(25(5,23)24)18-12-15(3)10-11-16(18)4/h10-12,17H,6-9,13-14H2,1-5H3,(H,20,22)/t17-/m1/s1. The third kappa shape index (κ3) is 7.06. The first-order valence-electron chi connectivity index (χ1n) is 9.00. The van der Waals surface area contributed by atoms with Crippen molar-refractivity contribution in [3.8, 4) is 0 Å². The molecule has 0 radical (unpaired) electrons. The van der Waals surface area contributed by atoms with Gasteiger partial charge in [0, 0.05) is 6.54 Å². The number of carbonyl (C=O) groups excluding carboxylic acids is 1. The van der Waals surface area contributed by atoms with E-state index in [1.165, 1.54) is 4.31 Å². The molecule has 6 heteroatoms. The van der Waals surface area contributed by atoms with Gasteiger partial charge in [-0.2, -0.15) is 0 Å².